The predicted molar refractivity (Wildman–Crippen MR) is 226 cm³/mol. The second kappa shape index (κ2) is 12.2. The molecule has 0 bridgehead atoms. The summed E-state index contributed by atoms with van der Waals surface area (Å²) in [5.74, 6) is 1.78. The molecule has 0 unspecified atom stereocenters. The molecule has 0 amide bonds. The number of hydrogen-bond acceptors (Lipinski definition) is 3. The van der Waals surface area contributed by atoms with Crippen LogP contribution in [-0.2, 0) is 16.2 Å². The van der Waals surface area contributed by atoms with Gasteiger partial charge in [-0.25, -0.2) is 0 Å². The van der Waals surface area contributed by atoms with Gasteiger partial charge in [0.15, 0.2) is 0 Å². The number of ether oxygens (including phenoxy) is 1. The van der Waals surface area contributed by atoms with Crippen molar-refractivity contribution in [3.8, 4) is 44.9 Å². The van der Waals surface area contributed by atoms with Gasteiger partial charge in [0, 0.05) is 22.3 Å². The van der Waals surface area contributed by atoms with E-state index in [4.69, 9.17) is 10.5 Å². The Morgan fingerprint density at radius 2 is 0.981 bits per heavy atom. The van der Waals surface area contributed by atoms with Gasteiger partial charge in [0.25, 0.3) is 0 Å². The lowest BCUT2D eigenvalue weighted by Gasteiger charge is -2.39. The molecule has 3 nitrogen and oxygen atoms in total. The number of hydrogen-bond donors (Lipinski definition) is 2. The highest BCUT2D eigenvalue weighted by Gasteiger charge is 2.51. The van der Waals surface area contributed by atoms with E-state index < -0.39 is 5.41 Å². The Labute approximate surface area is 319 Å². The monoisotopic (exact) mass is 702 g/mol. The second-order valence-corrected chi connectivity index (χ2v) is 16.9. The number of benzene rings is 7. The van der Waals surface area contributed by atoms with E-state index in [1.807, 2.05) is 18.2 Å². The van der Waals surface area contributed by atoms with Crippen LogP contribution >= 0.6 is 0 Å². The molecule has 9 rings (SSSR count). The van der Waals surface area contributed by atoms with Gasteiger partial charge in [0.2, 0.25) is 0 Å². The standard InChI is InChI=1S/C51H46N2O/c1-49(2,3)33-29-32(30-34(31-33)50(4,5)6)35-18-15-20-37(48(35)53-44-26-12-11-25-43(44)52)36-19-16-24-42-47(36)38-17-7-8-21-39(38)51(42)40-22-9-13-27-45(40)54-46-28-14-10-23-41(46)51/h7-31,53H,52H2,1-6H3. The van der Waals surface area contributed by atoms with Gasteiger partial charge in [-0.15, -0.1) is 0 Å². The quantitative estimate of drug-likeness (QED) is 0.180. The summed E-state index contributed by atoms with van der Waals surface area (Å²) in [5.41, 5.74) is 23.2. The van der Waals surface area contributed by atoms with Gasteiger partial charge in [-0.2, -0.15) is 0 Å². The lowest BCUT2D eigenvalue weighted by molar-refractivity contribution is 0.436. The fourth-order valence-corrected chi connectivity index (χ4v) is 8.67. The molecule has 0 radical (unpaired) electrons. The zero-order valence-electron chi connectivity index (χ0n) is 31.9. The van der Waals surface area contributed by atoms with Crippen molar-refractivity contribution in [2.24, 2.45) is 0 Å². The Morgan fingerprint density at radius 3 is 1.63 bits per heavy atom. The lowest BCUT2D eigenvalue weighted by Crippen LogP contribution is -2.32. The second-order valence-electron chi connectivity index (χ2n) is 16.9. The van der Waals surface area contributed by atoms with Gasteiger partial charge >= 0.3 is 0 Å². The number of nitrogens with two attached hydrogens (primary N) is 1. The average Bonchev–Trinajstić information content (AvgIpc) is 3.46. The van der Waals surface area contributed by atoms with Gasteiger partial charge in [-0.1, -0.05) is 169 Å². The normalized spacial score (nSPS) is 13.7. The summed E-state index contributed by atoms with van der Waals surface area (Å²) in [6.45, 7) is 13.8. The van der Waals surface area contributed by atoms with Crippen molar-refractivity contribution in [1.29, 1.82) is 0 Å². The average molecular weight is 703 g/mol. The van der Waals surface area contributed by atoms with E-state index >= 15 is 0 Å². The molecule has 0 fully saturated rings. The Kier molecular flexibility index (Phi) is 7.66. The minimum atomic E-state index is -0.551. The van der Waals surface area contributed by atoms with Crippen LogP contribution in [0.4, 0.5) is 17.1 Å². The molecule has 7 aromatic rings. The minimum Gasteiger partial charge on any atom is -0.457 e. The van der Waals surface area contributed by atoms with Gasteiger partial charge in [-0.3, -0.25) is 0 Å². The molecule has 0 saturated heterocycles. The number of nitrogen functional groups attached to an aromatic ring is 1. The number of rotatable bonds is 4. The molecule has 54 heavy (non-hydrogen) atoms. The number of fused-ring (bicyclic) bond motifs is 9. The van der Waals surface area contributed by atoms with Crippen molar-refractivity contribution in [2.45, 2.75) is 57.8 Å². The van der Waals surface area contributed by atoms with Crippen molar-refractivity contribution in [3.05, 3.63) is 185 Å². The molecule has 1 aliphatic heterocycles. The van der Waals surface area contributed by atoms with E-state index in [0.29, 0.717) is 5.69 Å². The highest BCUT2D eigenvalue weighted by molar-refractivity contribution is 6.02. The molecule has 0 aromatic heterocycles. The van der Waals surface area contributed by atoms with Crippen LogP contribution in [0.3, 0.4) is 0 Å². The highest BCUT2D eigenvalue weighted by atomic mass is 16.5. The summed E-state index contributed by atoms with van der Waals surface area (Å²) < 4.78 is 6.62. The Morgan fingerprint density at radius 1 is 0.481 bits per heavy atom. The lowest BCUT2D eigenvalue weighted by atomic mass is 9.66. The largest absolute Gasteiger partial charge is 0.457 e. The van der Waals surface area contributed by atoms with Gasteiger partial charge < -0.3 is 15.8 Å². The maximum absolute atomic E-state index is 6.67. The number of nitrogens with one attached hydrogen (secondary N) is 1. The topological polar surface area (TPSA) is 47.3 Å². The van der Waals surface area contributed by atoms with E-state index in [0.717, 1.165) is 45.1 Å². The fourth-order valence-electron chi connectivity index (χ4n) is 8.67. The van der Waals surface area contributed by atoms with Crippen LogP contribution in [-0.4, -0.2) is 0 Å². The number of para-hydroxylation sites is 5. The van der Waals surface area contributed by atoms with Crippen LogP contribution in [0, 0.1) is 0 Å². The van der Waals surface area contributed by atoms with Crippen molar-refractivity contribution in [2.75, 3.05) is 11.1 Å². The Bertz CT molecular complexity index is 2520. The molecule has 7 aromatic carbocycles. The summed E-state index contributed by atoms with van der Waals surface area (Å²) in [6, 6.07) is 54.8. The highest BCUT2D eigenvalue weighted by Crippen LogP contribution is 2.63. The Balaban J connectivity index is 1.37. The third-order valence-electron chi connectivity index (χ3n) is 11.4. The summed E-state index contributed by atoms with van der Waals surface area (Å²) in [4.78, 5) is 0. The minimum absolute atomic E-state index is 0.0281. The molecule has 3 N–H and O–H groups in total. The first kappa shape index (κ1) is 33.8. The van der Waals surface area contributed by atoms with Crippen LogP contribution in [0.1, 0.15) is 74.9 Å². The zero-order valence-corrected chi connectivity index (χ0v) is 31.9. The molecule has 1 aliphatic carbocycles. The van der Waals surface area contributed by atoms with Crippen molar-refractivity contribution >= 4 is 17.1 Å². The fraction of sp³-hybridized carbons (Fsp3) is 0.176. The van der Waals surface area contributed by atoms with Gasteiger partial charge in [-0.05, 0) is 79.6 Å². The van der Waals surface area contributed by atoms with Crippen LogP contribution in [0.5, 0.6) is 11.5 Å². The summed E-state index contributed by atoms with van der Waals surface area (Å²) in [5, 5.41) is 3.90. The van der Waals surface area contributed by atoms with Gasteiger partial charge in [0.1, 0.15) is 11.5 Å². The van der Waals surface area contributed by atoms with E-state index in [-0.39, 0.29) is 10.8 Å². The van der Waals surface area contributed by atoms with Crippen LogP contribution in [0.2, 0.25) is 0 Å². The van der Waals surface area contributed by atoms with Crippen LogP contribution in [0.15, 0.2) is 152 Å². The molecule has 0 atom stereocenters. The van der Waals surface area contributed by atoms with E-state index in [1.165, 1.54) is 44.5 Å². The molecule has 3 heteroatoms. The van der Waals surface area contributed by atoms with Crippen LogP contribution < -0.4 is 15.8 Å². The maximum Gasteiger partial charge on any atom is 0.132 e. The molecule has 266 valence electrons. The summed E-state index contributed by atoms with van der Waals surface area (Å²) in [7, 11) is 0. The predicted octanol–water partition coefficient (Wildman–Crippen LogP) is 13.4. The van der Waals surface area contributed by atoms with Gasteiger partial charge in [0.05, 0.1) is 22.5 Å². The summed E-state index contributed by atoms with van der Waals surface area (Å²) >= 11 is 0. The molecule has 1 heterocycles. The molecule has 0 saturated carbocycles. The van der Waals surface area contributed by atoms with Crippen molar-refractivity contribution in [3.63, 3.8) is 0 Å². The van der Waals surface area contributed by atoms with Crippen molar-refractivity contribution in [1.82, 2.24) is 0 Å². The SMILES string of the molecule is CC(C)(C)c1cc(-c2cccc(-c3cccc4c3-c3ccccc3C43c4ccccc4Oc4ccccc43)c2Nc2ccccc2N)cc(C(C)(C)C)c1. The third kappa shape index (κ3) is 5.17. The van der Waals surface area contributed by atoms with Crippen LogP contribution in [0.25, 0.3) is 33.4 Å². The van der Waals surface area contributed by atoms with E-state index in [9.17, 15) is 0 Å². The Hall–Kier alpha value is -6.06. The molecular formula is C51H46N2O. The molecular weight excluding hydrogens is 657 g/mol. The maximum atomic E-state index is 6.67. The molecule has 1 spiro atoms. The third-order valence-corrected chi connectivity index (χ3v) is 11.4. The number of anilines is 3. The smallest absolute Gasteiger partial charge is 0.132 e. The zero-order chi connectivity index (χ0) is 37.4. The summed E-state index contributed by atoms with van der Waals surface area (Å²) in [6.07, 6.45) is 0. The first-order chi connectivity index (χ1) is 26.0. The first-order valence-electron chi connectivity index (χ1n) is 19.0. The first-order valence-corrected chi connectivity index (χ1v) is 19.0. The van der Waals surface area contributed by atoms with Crippen molar-refractivity contribution < 1.29 is 4.74 Å². The van der Waals surface area contributed by atoms with E-state index in [1.54, 1.807) is 0 Å². The molecule has 2 aliphatic rings. The van der Waals surface area contributed by atoms with E-state index in [2.05, 4.69) is 180 Å².